The van der Waals surface area contributed by atoms with Crippen LogP contribution < -0.4 is 5.32 Å². The molecule has 1 aromatic rings. The van der Waals surface area contributed by atoms with Crippen LogP contribution in [0, 0.1) is 0 Å². The van der Waals surface area contributed by atoms with Gasteiger partial charge in [-0.3, -0.25) is 4.79 Å². The van der Waals surface area contributed by atoms with Crippen LogP contribution in [0.1, 0.15) is 25.5 Å². The van der Waals surface area contributed by atoms with E-state index in [1.165, 1.54) is 0 Å². The second-order valence-electron chi connectivity index (χ2n) is 3.99. The molecule has 1 fully saturated rings. The Labute approximate surface area is 99.7 Å². The van der Waals surface area contributed by atoms with Crippen molar-refractivity contribution in [1.29, 1.82) is 0 Å². The summed E-state index contributed by atoms with van der Waals surface area (Å²) in [4.78, 5) is 18.2. The molecule has 1 atom stereocenters. The van der Waals surface area contributed by atoms with Crippen LogP contribution in [0.5, 0.6) is 0 Å². The molecular weight excluding hydrogens is 222 g/mol. The van der Waals surface area contributed by atoms with Crippen molar-refractivity contribution < 1.29 is 4.79 Å². The van der Waals surface area contributed by atoms with Gasteiger partial charge in [0.25, 0.3) is 0 Å². The van der Waals surface area contributed by atoms with Crippen LogP contribution in [0.15, 0.2) is 10.9 Å². The number of likely N-dealkylation sites (tertiary alicyclic amines) is 1. The number of thiazole rings is 1. The highest BCUT2D eigenvalue weighted by atomic mass is 32.1. The second-order valence-corrected chi connectivity index (χ2v) is 4.71. The summed E-state index contributed by atoms with van der Waals surface area (Å²) < 4.78 is 0. The monoisotopic (exact) mass is 239 g/mol. The number of amides is 1. The number of aromatic nitrogens is 1. The maximum Gasteiger partial charge on any atom is 0.240 e. The molecule has 1 aromatic heterocycles. The van der Waals surface area contributed by atoms with E-state index in [2.05, 4.69) is 10.3 Å². The van der Waals surface area contributed by atoms with Crippen LogP contribution in [0.3, 0.4) is 0 Å². The topological polar surface area (TPSA) is 45.2 Å². The predicted octanol–water partition coefficient (Wildman–Crippen LogP) is 1.24. The van der Waals surface area contributed by atoms with Gasteiger partial charge in [0.1, 0.15) is 0 Å². The Bertz CT molecular complexity index is 337. The van der Waals surface area contributed by atoms with Gasteiger partial charge in [-0.25, -0.2) is 4.98 Å². The molecule has 88 valence electrons. The van der Waals surface area contributed by atoms with E-state index < -0.39 is 0 Å². The fraction of sp³-hybridized carbons (Fsp3) is 0.636. The van der Waals surface area contributed by atoms with Crippen molar-refractivity contribution in [3.05, 3.63) is 16.6 Å². The zero-order chi connectivity index (χ0) is 11.4. The molecule has 1 aliphatic heterocycles. The van der Waals surface area contributed by atoms with Gasteiger partial charge in [0.05, 0.1) is 23.8 Å². The minimum Gasteiger partial charge on any atom is -0.335 e. The lowest BCUT2D eigenvalue weighted by Crippen LogP contribution is -2.50. The average molecular weight is 239 g/mol. The minimum atomic E-state index is 0.0115. The molecule has 1 amide bonds. The lowest BCUT2D eigenvalue weighted by Gasteiger charge is -2.32. The maximum atomic E-state index is 12.1. The van der Waals surface area contributed by atoms with Crippen LogP contribution in [0.2, 0.25) is 0 Å². The molecule has 16 heavy (non-hydrogen) atoms. The molecule has 1 aliphatic rings. The van der Waals surface area contributed by atoms with Gasteiger partial charge in [-0.05, 0) is 19.4 Å². The first-order valence-electron chi connectivity index (χ1n) is 5.70. The summed E-state index contributed by atoms with van der Waals surface area (Å²) in [6.45, 7) is 4.40. The van der Waals surface area contributed by atoms with Gasteiger partial charge in [-0.1, -0.05) is 6.92 Å². The van der Waals surface area contributed by atoms with Crippen LogP contribution in [-0.4, -0.2) is 34.9 Å². The summed E-state index contributed by atoms with van der Waals surface area (Å²) >= 11 is 1.58. The number of likely N-dealkylation sites (N-methyl/N-ethyl adjacent to an activating group) is 1. The molecule has 2 heterocycles. The molecule has 0 radical (unpaired) electrons. The van der Waals surface area contributed by atoms with E-state index in [-0.39, 0.29) is 11.9 Å². The molecule has 4 nitrogen and oxygen atoms in total. The SMILES string of the molecule is CCNC1CCCN(Cc2cscn2)C1=O. The highest BCUT2D eigenvalue weighted by molar-refractivity contribution is 7.07. The number of hydrogen-bond acceptors (Lipinski definition) is 4. The predicted molar refractivity (Wildman–Crippen MR) is 64.2 cm³/mol. The van der Waals surface area contributed by atoms with Crippen molar-refractivity contribution >= 4 is 17.2 Å². The van der Waals surface area contributed by atoms with E-state index in [9.17, 15) is 4.79 Å². The summed E-state index contributed by atoms with van der Waals surface area (Å²) in [6, 6.07) is 0.0115. The number of carbonyl (C=O) groups is 1. The number of piperidine rings is 1. The van der Waals surface area contributed by atoms with E-state index in [0.29, 0.717) is 6.54 Å². The van der Waals surface area contributed by atoms with E-state index in [1.807, 2.05) is 22.7 Å². The van der Waals surface area contributed by atoms with E-state index in [1.54, 1.807) is 11.3 Å². The van der Waals surface area contributed by atoms with Crippen LogP contribution >= 0.6 is 11.3 Å². The quantitative estimate of drug-likeness (QED) is 0.860. The number of rotatable bonds is 4. The zero-order valence-corrected chi connectivity index (χ0v) is 10.3. The highest BCUT2D eigenvalue weighted by Crippen LogP contribution is 2.15. The highest BCUT2D eigenvalue weighted by Gasteiger charge is 2.27. The zero-order valence-electron chi connectivity index (χ0n) is 9.48. The number of carbonyl (C=O) groups excluding carboxylic acids is 1. The van der Waals surface area contributed by atoms with Gasteiger partial charge in [0.2, 0.25) is 5.91 Å². The first-order chi connectivity index (χ1) is 7.81. The summed E-state index contributed by atoms with van der Waals surface area (Å²) in [5.74, 6) is 0.223. The van der Waals surface area contributed by atoms with Gasteiger partial charge >= 0.3 is 0 Å². The summed E-state index contributed by atoms with van der Waals surface area (Å²) in [7, 11) is 0. The molecular formula is C11H17N3OS. The van der Waals surface area contributed by atoms with Gasteiger partial charge in [-0.15, -0.1) is 11.3 Å². The fourth-order valence-electron chi connectivity index (χ4n) is 2.04. The maximum absolute atomic E-state index is 12.1. The molecule has 1 unspecified atom stereocenters. The number of nitrogens with one attached hydrogen (secondary N) is 1. The molecule has 2 rings (SSSR count). The van der Waals surface area contributed by atoms with Gasteiger partial charge in [0.15, 0.2) is 0 Å². The largest absolute Gasteiger partial charge is 0.335 e. The van der Waals surface area contributed by atoms with Crippen molar-refractivity contribution in [2.24, 2.45) is 0 Å². The Kier molecular flexibility index (Phi) is 3.90. The Morgan fingerprint density at radius 1 is 1.69 bits per heavy atom. The van der Waals surface area contributed by atoms with E-state index in [0.717, 1.165) is 31.6 Å². The summed E-state index contributed by atoms with van der Waals surface area (Å²) in [6.07, 6.45) is 2.04. The first kappa shape index (κ1) is 11.5. The summed E-state index contributed by atoms with van der Waals surface area (Å²) in [5.41, 5.74) is 2.81. The molecule has 5 heteroatoms. The van der Waals surface area contributed by atoms with Gasteiger partial charge < -0.3 is 10.2 Å². The Hall–Kier alpha value is -0.940. The minimum absolute atomic E-state index is 0.0115. The first-order valence-corrected chi connectivity index (χ1v) is 6.64. The molecule has 1 N–H and O–H groups in total. The summed E-state index contributed by atoms with van der Waals surface area (Å²) in [5, 5.41) is 5.24. The number of hydrogen-bond donors (Lipinski definition) is 1. The molecule has 0 aliphatic carbocycles. The van der Waals surface area contributed by atoms with Gasteiger partial charge in [-0.2, -0.15) is 0 Å². The molecule has 0 bridgehead atoms. The van der Waals surface area contributed by atoms with Crippen molar-refractivity contribution in [2.45, 2.75) is 32.4 Å². The van der Waals surface area contributed by atoms with E-state index >= 15 is 0 Å². The standard InChI is InChI=1S/C11H17N3OS/c1-2-12-10-4-3-5-14(11(10)15)6-9-7-16-8-13-9/h7-8,10,12H,2-6H2,1H3. The lowest BCUT2D eigenvalue weighted by molar-refractivity contribution is -0.136. The third-order valence-corrected chi connectivity index (χ3v) is 3.45. The average Bonchev–Trinajstić information content (AvgIpc) is 2.77. The van der Waals surface area contributed by atoms with Gasteiger partial charge in [0, 0.05) is 11.9 Å². The van der Waals surface area contributed by atoms with Crippen molar-refractivity contribution in [3.8, 4) is 0 Å². The molecule has 0 spiro atoms. The van der Waals surface area contributed by atoms with Crippen LogP contribution in [-0.2, 0) is 11.3 Å². The normalized spacial score (nSPS) is 21.4. The lowest BCUT2D eigenvalue weighted by atomic mass is 10.0. The van der Waals surface area contributed by atoms with E-state index in [4.69, 9.17) is 0 Å². The van der Waals surface area contributed by atoms with Crippen molar-refractivity contribution in [3.63, 3.8) is 0 Å². The smallest absolute Gasteiger partial charge is 0.240 e. The fourth-order valence-corrected chi connectivity index (χ4v) is 2.59. The van der Waals surface area contributed by atoms with Crippen LogP contribution in [0.4, 0.5) is 0 Å². The Morgan fingerprint density at radius 2 is 2.56 bits per heavy atom. The third-order valence-electron chi connectivity index (χ3n) is 2.82. The van der Waals surface area contributed by atoms with Crippen molar-refractivity contribution in [1.82, 2.24) is 15.2 Å². The second kappa shape index (κ2) is 5.41. The Morgan fingerprint density at radius 3 is 3.25 bits per heavy atom. The molecule has 0 aromatic carbocycles. The third kappa shape index (κ3) is 2.59. The number of nitrogens with zero attached hydrogens (tertiary/aromatic N) is 2. The molecule has 1 saturated heterocycles. The van der Waals surface area contributed by atoms with Crippen molar-refractivity contribution in [2.75, 3.05) is 13.1 Å². The Balaban J connectivity index is 1.96. The van der Waals surface area contributed by atoms with Crippen LogP contribution in [0.25, 0.3) is 0 Å². The molecule has 0 saturated carbocycles.